The molecule has 0 saturated carbocycles. The Labute approximate surface area is 121 Å². The highest BCUT2D eigenvalue weighted by molar-refractivity contribution is 5.94. The molecule has 1 fully saturated rings. The Morgan fingerprint density at radius 2 is 1.95 bits per heavy atom. The molecule has 1 atom stereocenters. The van der Waals surface area contributed by atoms with Crippen LogP contribution in [0.15, 0.2) is 24.3 Å². The van der Waals surface area contributed by atoms with E-state index < -0.39 is 0 Å². The maximum absolute atomic E-state index is 12.2. The van der Waals surface area contributed by atoms with Crippen molar-refractivity contribution in [3.63, 3.8) is 0 Å². The Morgan fingerprint density at radius 3 is 2.45 bits per heavy atom. The van der Waals surface area contributed by atoms with Crippen molar-refractivity contribution in [2.45, 2.75) is 45.4 Å². The van der Waals surface area contributed by atoms with Crippen LogP contribution in [-0.2, 0) is 10.2 Å². The topological polar surface area (TPSA) is 44.1 Å². The standard InChI is InChI=1S/C17H22N2O/c1-17(2,3)14-4-6-15(7-5-14)19-11-9-13(8-10-18)12-16(19)20/h4-7,13H,8-9,11-12H2,1-3H3. The summed E-state index contributed by atoms with van der Waals surface area (Å²) < 4.78 is 0. The number of carbonyl (C=O) groups is 1. The first-order chi connectivity index (χ1) is 9.41. The van der Waals surface area contributed by atoms with Crippen LogP contribution in [-0.4, -0.2) is 12.5 Å². The van der Waals surface area contributed by atoms with E-state index in [4.69, 9.17) is 5.26 Å². The number of piperidine rings is 1. The highest BCUT2D eigenvalue weighted by atomic mass is 16.2. The number of carbonyl (C=O) groups excluding carboxylic acids is 1. The minimum Gasteiger partial charge on any atom is -0.312 e. The van der Waals surface area contributed by atoms with Gasteiger partial charge in [-0.1, -0.05) is 32.9 Å². The summed E-state index contributed by atoms with van der Waals surface area (Å²) in [6.45, 7) is 7.27. The average Bonchev–Trinajstić information content (AvgIpc) is 2.38. The SMILES string of the molecule is CC(C)(C)c1ccc(N2CCC(CC#N)CC2=O)cc1. The molecule has 0 bridgehead atoms. The van der Waals surface area contributed by atoms with Crippen LogP contribution in [0, 0.1) is 17.2 Å². The Balaban J connectivity index is 2.10. The van der Waals surface area contributed by atoms with Crippen LogP contribution in [0.25, 0.3) is 0 Å². The van der Waals surface area contributed by atoms with Gasteiger partial charge in [-0.05, 0) is 35.4 Å². The molecule has 1 aromatic rings. The molecule has 0 radical (unpaired) electrons. The van der Waals surface area contributed by atoms with E-state index in [1.807, 2.05) is 17.0 Å². The predicted molar refractivity (Wildman–Crippen MR) is 80.4 cm³/mol. The lowest BCUT2D eigenvalue weighted by Gasteiger charge is -2.31. The van der Waals surface area contributed by atoms with Crippen molar-refractivity contribution < 1.29 is 4.79 Å². The average molecular weight is 270 g/mol. The van der Waals surface area contributed by atoms with E-state index in [0.29, 0.717) is 12.8 Å². The third kappa shape index (κ3) is 3.19. The van der Waals surface area contributed by atoms with E-state index in [9.17, 15) is 4.79 Å². The first-order valence-electron chi connectivity index (χ1n) is 7.19. The highest BCUT2D eigenvalue weighted by Crippen LogP contribution is 2.28. The van der Waals surface area contributed by atoms with Gasteiger partial charge in [0.05, 0.1) is 6.07 Å². The maximum atomic E-state index is 12.2. The summed E-state index contributed by atoms with van der Waals surface area (Å²) in [6.07, 6.45) is 1.90. The molecule has 2 rings (SSSR count). The zero-order valence-electron chi connectivity index (χ0n) is 12.5. The van der Waals surface area contributed by atoms with Crippen LogP contribution in [0.5, 0.6) is 0 Å². The second kappa shape index (κ2) is 5.66. The van der Waals surface area contributed by atoms with Crippen molar-refractivity contribution in [2.75, 3.05) is 11.4 Å². The van der Waals surface area contributed by atoms with Crippen LogP contribution in [0.2, 0.25) is 0 Å². The molecule has 106 valence electrons. The van der Waals surface area contributed by atoms with Crippen LogP contribution < -0.4 is 4.90 Å². The van der Waals surface area contributed by atoms with Gasteiger partial charge < -0.3 is 4.90 Å². The van der Waals surface area contributed by atoms with E-state index in [2.05, 4.69) is 39.0 Å². The molecule has 1 saturated heterocycles. The van der Waals surface area contributed by atoms with Gasteiger partial charge in [-0.25, -0.2) is 0 Å². The van der Waals surface area contributed by atoms with Gasteiger partial charge in [0.1, 0.15) is 0 Å². The van der Waals surface area contributed by atoms with E-state index in [1.165, 1.54) is 5.56 Å². The summed E-state index contributed by atoms with van der Waals surface area (Å²) in [4.78, 5) is 14.0. The normalized spacial score (nSPS) is 19.8. The van der Waals surface area contributed by atoms with Crippen LogP contribution in [0.4, 0.5) is 5.69 Å². The van der Waals surface area contributed by atoms with Crippen molar-refractivity contribution >= 4 is 11.6 Å². The minimum atomic E-state index is 0.127. The number of anilines is 1. The van der Waals surface area contributed by atoms with Crippen LogP contribution in [0.3, 0.4) is 0 Å². The molecule has 0 aliphatic carbocycles. The molecule has 0 spiro atoms. The highest BCUT2D eigenvalue weighted by Gasteiger charge is 2.26. The summed E-state index contributed by atoms with van der Waals surface area (Å²) in [5.74, 6) is 0.373. The van der Waals surface area contributed by atoms with Gasteiger partial charge in [0.2, 0.25) is 5.91 Å². The number of hydrogen-bond acceptors (Lipinski definition) is 2. The molecule has 1 aliphatic heterocycles. The molecular formula is C17H22N2O. The van der Waals surface area contributed by atoms with E-state index in [1.54, 1.807) is 0 Å². The number of hydrogen-bond donors (Lipinski definition) is 0. The lowest BCUT2D eigenvalue weighted by atomic mass is 9.87. The third-order valence-electron chi connectivity index (χ3n) is 3.95. The Morgan fingerprint density at radius 1 is 1.30 bits per heavy atom. The van der Waals surface area contributed by atoms with Gasteiger partial charge >= 0.3 is 0 Å². The molecule has 0 N–H and O–H groups in total. The summed E-state index contributed by atoms with van der Waals surface area (Å²) >= 11 is 0. The fraction of sp³-hybridized carbons (Fsp3) is 0.529. The largest absolute Gasteiger partial charge is 0.312 e. The van der Waals surface area contributed by atoms with Gasteiger partial charge in [0.15, 0.2) is 0 Å². The number of benzene rings is 1. The fourth-order valence-corrected chi connectivity index (χ4v) is 2.61. The lowest BCUT2D eigenvalue weighted by Crippen LogP contribution is -2.38. The molecule has 1 amide bonds. The second-order valence-corrected chi connectivity index (χ2v) is 6.56. The van der Waals surface area contributed by atoms with E-state index >= 15 is 0 Å². The smallest absolute Gasteiger partial charge is 0.227 e. The quantitative estimate of drug-likeness (QED) is 0.823. The zero-order chi connectivity index (χ0) is 14.8. The maximum Gasteiger partial charge on any atom is 0.227 e. The molecular weight excluding hydrogens is 248 g/mol. The van der Waals surface area contributed by atoms with Crippen LogP contribution >= 0.6 is 0 Å². The van der Waals surface area contributed by atoms with E-state index in [-0.39, 0.29) is 17.2 Å². The first kappa shape index (κ1) is 14.6. The molecule has 1 aromatic carbocycles. The van der Waals surface area contributed by atoms with Crippen molar-refractivity contribution in [3.8, 4) is 6.07 Å². The summed E-state index contributed by atoms with van der Waals surface area (Å²) in [6, 6.07) is 10.4. The van der Waals surface area contributed by atoms with Crippen molar-refractivity contribution in [1.29, 1.82) is 5.26 Å². The Bertz CT molecular complexity index is 519. The number of nitrogens with zero attached hydrogens (tertiary/aromatic N) is 2. The first-order valence-corrected chi connectivity index (χ1v) is 7.19. The molecule has 20 heavy (non-hydrogen) atoms. The van der Waals surface area contributed by atoms with Gasteiger partial charge in [0.25, 0.3) is 0 Å². The number of amides is 1. The Hall–Kier alpha value is -1.82. The molecule has 0 aromatic heterocycles. The number of nitriles is 1. The Kier molecular flexibility index (Phi) is 4.13. The monoisotopic (exact) mass is 270 g/mol. The molecule has 1 aliphatic rings. The van der Waals surface area contributed by atoms with Gasteiger partial charge in [-0.15, -0.1) is 0 Å². The number of rotatable bonds is 2. The predicted octanol–water partition coefficient (Wildman–Crippen LogP) is 3.64. The van der Waals surface area contributed by atoms with E-state index in [0.717, 1.165) is 18.7 Å². The van der Waals surface area contributed by atoms with Crippen molar-refractivity contribution in [2.24, 2.45) is 5.92 Å². The van der Waals surface area contributed by atoms with Gasteiger partial charge in [0, 0.05) is 25.1 Å². The minimum absolute atomic E-state index is 0.127. The molecule has 3 heteroatoms. The van der Waals surface area contributed by atoms with Crippen molar-refractivity contribution in [3.05, 3.63) is 29.8 Å². The zero-order valence-corrected chi connectivity index (χ0v) is 12.5. The third-order valence-corrected chi connectivity index (χ3v) is 3.95. The summed E-state index contributed by atoms with van der Waals surface area (Å²) in [7, 11) is 0. The van der Waals surface area contributed by atoms with Crippen molar-refractivity contribution in [1.82, 2.24) is 0 Å². The molecule has 1 heterocycles. The summed E-state index contributed by atoms with van der Waals surface area (Å²) in [5, 5.41) is 8.72. The lowest BCUT2D eigenvalue weighted by molar-refractivity contribution is -0.120. The summed E-state index contributed by atoms with van der Waals surface area (Å²) in [5.41, 5.74) is 2.37. The molecule has 3 nitrogen and oxygen atoms in total. The fourth-order valence-electron chi connectivity index (χ4n) is 2.61. The second-order valence-electron chi connectivity index (χ2n) is 6.56. The van der Waals surface area contributed by atoms with Gasteiger partial charge in [-0.2, -0.15) is 5.26 Å². The molecule has 1 unspecified atom stereocenters. The van der Waals surface area contributed by atoms with Gasteiger partial charge in [-0.3, -0.25) is 4.79 Å². The van der Waals surface area contributed by atoms with Crippen LogP contribution in [0.1, 0.15) is 45.6 Å².